The molecular weight excluding hydrogens is 408 g/mol. The summed E-state index contributed by atoms with van der Waals surface area (Å²) in [5.74, 6) is 0.949. The molecule has 2 heterocycles. The second-order valence-corrected chi connectivity index (χ2v) is 8.36. The number of halogens is 1. The molecule has 6 rings (SSSR count). The number of para-hydroxylation sites is 1. The molecular formula is C26H19ClN2O2. The van der Waals surface area contributed by atoms with Crippen molar-refractivity contribution in [1.29, 1.82) is 0 Å². The Morgan fingerprint density at radius 2 is 1.68 bits per heavy atom. The van der Waals surface area contributed by atoms with Crippen molar-refractivity contribution >= 4 is 28.1 Å². The van der Waals surface area contributed by atoms with Gasteiger partial charge in [-0.25, -0.2) is 5.01 Å². The van der Waals surface area contributed by atoms with Crippen LogP contribution in [0.3, 0.4) is 0 Å². The number of aromatic hydroxyl groups is 1. The van der Waals surface area contributed by atoms with E-state index in [0.717, 1.165) is 29.0 Å². The van der Waals surface area contributed by atoms with Gasteiger partial charge in [-0.3, -0.25) is 0 Å². The third-order valence-electron chi connectivity index (χ3n) is 6.04. The minimum atomic E-state index is -0.559. The SMILES string of the molecule is Oc1ccc(Cl)cc1C1Oc2ccccc2C2CC(c3ccc4ccccc4c3)=NN21. The Morgan fingerprint density at radius 1 is 0.871 bits per heavy atom. The first-order valence-corrected chi connectivity index (χ1v) is 10.6. The highest BCUT2D eigenvalue weighted by Crippen LogP contribution is 2.49. The second-order valence-electron chi connectivity index (χ2n) is 7.92. The van der Waals surface area contributed by atoms with Crippen LogP contribution in [0.4, 0.5) is 0 Å². The van der Waals surface area contributed by atoms with Crippen LogP contribution in [0, 0.1) is 0 Å². The lowest BCUT2D eigenvalue weighted by Crippen LogP contribution is -2.33. The number of benzene rings is 4. The Kier molecular flexibility index (Phi) is 4.15. The largest absolute Gasteiger partial charge is 0.507 e. The molecule has 31 heavy (non-hydrogen) atoms. The summed E-state index contributed by atoms with van der Waals surface area (Å²) in [6.45, 7) is 0. The van der Waals surface area contributed by atoms with E-state index in [0.29, 0.717) is 10.6 Å². The lowest BCUT2D eigenvalue weighted by molar-refractivity contribution is -0.0203. The van der Waals surface area contributed by atoms with Crippen LogP contribution in [0.15, 0.2) is 90.0 Å². The van der Waals surface area contributed by atoms with E-state index in [9.17, 15) is 5.11 Å². The normalized spacial score (nSPS) is 19.5. The van der Waals surface area contributed by atoms with Gasteiger partial charge < -0.3 is 9.84 Å². The monoisotopic (exact) mass is 426 g/mol. The molecule has 0 bridgehead atoms. The number of phenols is 1. The van der Waals surface area contributed by atoms with E-state index in [1.165, 1.54) is 10.8 Å². The summed E-state index contributed by atoms with van der Waals surface area (Å²) in [6.07, 6.45) is 0.202. The average molecular weight is 427 g/mol. The van der Waals surface area contributed by atoms with E-state index in [1.807, 2.05) is 35.3 Å². The number of phenolic OH excluding ortho intramolecular Hbond substituents is 1. The van der Waals surface area contributed by atoms with Crippen LogP contribution in [0.1, 0.15) is 35.4 Å². The minimum Gasteiger partial charge on any atom is -0.507 e. The summed E-state index contributed by atoms with van der Waals surface area (Å²) in [5.41, 5.74) is 3.80. The molecule has 5 heteroatoms. The smallest absolute Gasteiger partial charge is 0.217 e. The highest BCUT2D eigenvalue weighted by Gasteiger charge is 2.41. The number of rotatable bonds is 2. The van der Waals surface area contributed by atoms with Gasteiger partial charge in [0, 0.05) is 17.0 Å². The summed E-state index contributed by atoms with van der Waals surface area (Å²) in [5, 5.41) is 20.4. The van der Waals surface area contributed by atoms with Crippen molar-refractivity contribution in [2.75, 3.05) is 0 Å². The summed E-state index contributed by atoms with van der Waals surface area (Å²) in [4.78, 5) is 0. The Balaban J connectivity index is 1.47. The van der Waals surface area contributed by atoms with Gasteiger partial charge in [-0.1, -0.05) is 66.2 Å². The molecule has 2 unspecified atom stereocenters. The zero-order valence-electron chi connectivity index (χ0n) is 16.6. The summed E-state index contributed by atoms with van der Waals surface area (Å²) >= 11 is 6.24. The van der Waals surface area contributed by atoms with Crippen LogP contribution in [-0.4, -0.2) is 15.8 Å². The number of nitrogens with zero attached hydrogens (tertiary/aromatic N) is 2. The molecule has 2 aliphatic rings. The number of hydrazone groups is 1. The summed E-state index contributed by atoms with van der Waals surface area (Å²) in [6, 6.07) is 27.8. The van der Waals surface area contributed by atoms with Gasteiger partial charge >= 0.3 is 0 Å². The van der Waals surface area contributed by atoms with E-state index >= 15 is 0 Å². The quantitative estimate of drug-likeness (QED) is 0.401. The average Bonchev–Trinajstić information content (AvgIpc) is 3.26. The van der Waals surface area contributed by atoms with Crippen LogP contribution < -0.4 is 4.74 Å². The standard InChI is InChI=1S/C26H19ClN2O2/c27-19-11-12-24(30)21(14-19)26-29-23(20-7-3-4-8-25(20)31-26)15-22(28-29)18-10-9-16-5-1-2-6-17(16)13-18/h1-14,23,26,30H,15H2. The third-order valence-corrected chi connectivity index (χ3v) is 6.27. The van der Waals surface area contributed by atoms with Crippen LogP contribution >= 0.6 is 11.6 Å². The number of ether oxygens (including phenoxy) is 1. The predicted molar refractivity (Wildman–Crippen MR) is 123 cm³/mol. The maximum atomic E-state index is 10.5. The topological polar surface area (TPSA) is 45.1 Å². The molecule has 0 spiro atoms. The van der Waals surface area contributed by atoms with Gasteiger partial charge in [0.25, 0.3) is 0 Å². The maximum absolute atomic E-state index is 10.5. The van der Waals surface area contributed by atoms with Gasteiger partial charge in [0.1, 0.15) is 11.5 Å². The maximum Gasteiger partial charge on any atom is 0.217 e. The fraction of sp³-hybridized carbons (Fsp3) is 0.115. The molecule has 2 aliphatic heterocycles. The fourth-order valence-electron chi connectivity index (χ4n) is 4.51. The van der Waals surface area contributed by atoms with Gasteiger partial charge in [0.15, 0.2) is 0 Å². The Bertz CT molecular complexity index is 1350. The molecule has 0 saturated carbocycles. The van der Waals surface area contributed by atoms with Gasteiger partial charge in [-0.15, -0.1) is 0 Å². The van der Waals surface area contributed by atoms with Crippen molar-refractivity contribution in [3.63, 3.8) is 0 Å². The molecule has 0 saturated heterocycles. The van der Waals surface area contributed by atoms with Crippen molar-refractivity contribution in [1.82, 2.24) is 5.01 Å². The summed E-state index contributed by atoms with van der Waals surface area (Å²) < 4.78 is 6.32. The Labute approximate surface area is 185 Å². The van der Waals surface area contributed by atoms with Crippen molar-refractivity contribution in [2.24, 2.45) is 5.10 Å². The van der Waals surface area contributed by atoms with Gasteiger partial charge in [0.2, 0.25) is 6.23 Å². The predicted octanol–water partition coefficient (Wildman–Crippen LogP) is 6.44. The van der Waals surface area contributed by atoms with E-state index in [4.69, 9.17) is 21.4 Å². The second kappa shape index (κ2) is 7.03. The molecule has 0 aliphatic carbocycles. The van der Waals surface area contributed by atoms with Gasteiger partial charge in [0.05, 0.1) is 17.3 Å². The highest BCUT2D eigenvalue weighted by molar-refractivity contribution is 6.30. The fourth-order valence-corrected chi connectivity index (χ4v) is 4.69. The zero-order chi connectivity index (χ0) is 20.9. The van der Waals surface area contributed by atoms with Crippen molar-refractivity contribution < 1.29 is 9.84 Å². The van der Waals surface area contributed by atoms with Crippen LogP contribution in [0.25, 0.3) is 10.8 Å². The number of hydrogen-bond donors (Lipinski definition) is 1. The van der Waals surface area contributed by atoms with Crippen LogP contribution in [0.2, 0.25) is 5.02 Å². The van der Waals surface area contributed by atoms with Gasteiger partial charge in [-0.2, -0.15) is 5.10 Å². The van der Waals surface area contributed by atoms with E-state index in [1.54, 1.807) is 18.2 Å². The molecule has 0 radical (unpaired) electrons. The first-order chi connectivity index (χ1) is 15.2. The van der Waals surface area contributed by atoms with E-state index < -0.39 is 6.23 Å². The molecule has 0 fully saturated rings. The van der Waals surface area contributed by atoms with Gasteiger partial charge in [-0.05, 0) is 46.7 Å². The molecule has 4 aromatic carbocycles. The van der Waals surface area contributed by atoms with E-state index in [2.05, 4.69) is 36.4 Å². The van der Waals surface area contributed by atoms with Crippen molar-refractivity contribution in [2.45, 2.75) is 18.7 Å². The molecule has 1 N–H and O–H groups in total. The number of fused-ring (bicyclic) bond motifs is 4. The first-order valence-electron chi connectivity index (χ1n) is 10.3. The first kappa shape index (κ1) is 18.3. The Morgan fingerprint density at radius 3 is 2.58 bits per heavy atom. The van der Waals surface area contributed by atoms with E-state index in [-0.39, 0.29) is 11.8 Å². The lowest BCUT2D eigenvalue weighted by Gasteiger charge is -2.38. The molecule has 4 aromatic rings. The molecule has 0 aromatic heterocycles. The van der Waals surface area contributed by atoms with Crippen molar-refractivity contribution in [3.05, 3.63) is 107 Å². The number of hydrogen-bond acceptors (Lipinski definition) is 4. The molecule has 2 atom stereocenters. The summed E-state index contributed by atoms with van der Waals surface area (Å²) in [7, 11) is 0. The minimum absolute atomic E-state index is 0.0230. The molecule has 152 valence electrons. The Hall–Kier alpha value is -3.50. The van der Waals surface area contributed by atoms with Crippen LogP contribution in [0.5, 0.6) is 11.5 Å². The lowest BCUT2D eigenvalue weighted by atomic mass is 9.95. The molecule has 0 amide bonds. The molecule has 4 nitrogen and oxygen atoms in total. The highest BCUT2D eigenvalue weighted by atomic mass is 35.5. The zero-order valence-corrected chi connectivity index (χ0v) is 17.3. The third kappa shape index (κ3) is 3.03. The van der Waals surface area contributed by atoms with Crippen molar-refractivity contribution in [3.8, 4) is 11.5 Å². The van der Waals surface area contributed by atoms with Crippen LogP contribution in [-0.2, 0) is 0 Å².